The van der Waals surface area contributed by atoms with Crippen LogP contribution in [0.5, 0.6) is 0 Å². The van der Waals surface area contributed by atoms with E-state index in [1.54, 1.807) is 11.3 Å². The van der Waals surface area contributed by atoms with Crippen LogP contribution in [0.4, 0.5) is 0 Å². The maximum atomic E-state index is 12.9. The molecule has 0 bridgehead atoms. The van der Waals surface area contributed by atoms with E-state index in [2.05, 4.69) is 30.6 Å². The van der Waals surface area contributed by atoms with Crippen molar-refractivity contribution >= 4 is 17.2 Å². The van der Waals surface area contributed by atoms with Gasteiger partial charge in [-0.05, 0) is 44.2 Å². The summed E-state index contributed by atoms with van der Waals surface area (Å²) in [6.45, 7) is 5.23. The van der Waals surface area contributed by atoms with Gasteiger partial charge in [-0.25, -0.2) is 0 Å². The van der Waals surface area contributed by atoms with Crippen LogP contribution in [0.1, 0.15) is 50.4 Å². The highest BCUT2D eigenvalue weighted by Crippen LogP contribution is 2.31. The Balaban J connectivity index is 2.13. The molecule has 2 heterocycles. The summed E-state index contributed by atoms with van der Waals surface area (Å²) < 4.78 is 0. The molecular weight excluding hydrogens is 256 g/mol. The summed E-state index contributed by atoms with van der Waals surface area (Å²) in [6.07, 6.45) is 4.06. The first-order valence-corrected chi connectivity index (χ1v) is 8.04. The van der Waals surface area contributed by atoms with Gasteiger partial charge >= 0.3 is 0 Å². The Bertz CT molecular complexity index is 410. The van der Waals surface area contributed by atoms with Crippen LogP contribution in [0.2, 0.25) is 0 Å². The lowest BCUT2D eigenvalue weighted by atomic mass is 9.90. The van der Waals surface area contributed by atoms with Gasteiger partial charge in [-0.1, -0.05) is 19.4 Å². The molecule has 1 N–H and O–H groups in total. The van der Waals surface area contributed by atoms with Gasteiger partial charge in [0.25, 0.3) is 0 Å². The van der Waals surface area contributed by atoms with E-state index in [4.69, 9.17) is 0 Å². The van der Waals surface area contributed by atoms with E-state index in [0.717, 1.165) is 32.2 Å². The third-order valence-electron chi connectivity index (χ3n) is 4.19. The molecule has 0 spiro atoms. The number of amides is 1. The zero-order chi connectivity index (χ0) is 13.9. The van der Waals surface area contributed by atoms with Crippen LogP contribution >= 0.6 is 11.3 Å². The first-order valence-electron chi connectivity index (χ1n) is 7.16. The fraction of sp³-hybridized carbons (Fsp3) is 0.667. The van der Waals surface area contributed by atoms with E-state index in [9.17, 15) is 4.79 Å². The number of thiophene rings is 1. The fourth-order valence-electron chi connectivity index (χ4n) is 2.97. The summed E-state index contributed by atoms with van der Waals surface area (Å²) >= 11 is 1.72. The molecule has 4 heteroatoms. The van der Waals surface area contributed by atoms with Crippen LogP contribution in [0.15, 0.2) is 17.5 Å². The first-order chi connectivity index (χ1) is 9.10. The molecular formula is C15H24N2OS. The maximum Gasteiger partial charge on any atom is 0.243 e. The zero-order valence-corrected chi connectivity index (χ0v) is 12.9. The summed E-state index contributed by atoms with van der Waals surface area (Å²) in [4.78, 5) is 16.0. The summed E-state index contributed by atoms with van der Waals surface area (Å²) in [6, 6.07) is 4.31. The fourth-order valence-corrected chi connectivity index (χ4v) is 3.80. The van der Waals surface area contributed by atoms with Crippen molar-refractivity contribution in [2.45, 2.75) is 51.1 Å². The molecule has 0 radical (unpaired) electrons. The molecule has 3 nitrogen and oxygen atoms in total. The molecule has 0 aliphatic carbocycles. The van der Waals surface area contributed by atoms with Gasteiger partial charge in [-0.3, -0.25) is 4.79 Å². The highest BCUT2D eigenvalue weighted by Gasteiger charge is 2.42. The second-order valence-corrected chi connectivity index (χ2v) is 6.45. The Morgan fingerprint density at radius 1 is 1.63 bits per heavy atom. The number of nitrogens with zero attached hydrogens (tertiary/aromatic N) is 1. The van der Waals surface area contributed by atoms with Gasteiger partial charge in [-0.2, -0.15) is 0 Å². The summed E-state index contributed by atoms with van der Waals surface area (Å²) in [7, 11) is 1.93. The molecule has 19 heavy (non-hydrogen) atoms. The average Bonchev–Trinajstić information content (AvgIpc) is 3.08. The summed E-state index contributed by atoms with van der Waals surface area (Å²) in [5, 5.41) is 5.53. The van der Waals surface area contributed by atoms with E-state index < -0.39 is 0 Å². The number of likely N-dealkylation sites (N-methyl/N-ethyl adjacent to an activating group) is 1. The highest BCUT2D eigenvalue weighted by atomic mass is 32.1. The van der Waals surface area contributed by atoms with Gasteiger partial charge < -0.3 is 10.2 Å². The van der Waals surface area contributed by atoms with E-state index >= 15 is 0 Å². The molecule has 1 aromatic rings. The van der Waals surface area contributed by atoms with Crippen molar-refractivity contribution in [3.63, 3.8) is 0 Å². The van der Waals surface area contributed by atoms with Crippen LogP contribution in [0.25, 0.3) is 0 Å². The molecule has 0 aromatic carbocycles. The van der Waals surface area contributed by atoms with E-state index in [-0.39, 0.29) is 17.5 Å². The lowest BCUT2D eigenvalue weighted by Gasteiger charge is -2.35. The summed E-state index contributed by atoms with van der Waals surface area (Å²) in [5.41, 5.74) is -0.310. The number of hydrogen-bond acceptors (Lipinski definition) is 3. The predicted octanol–water partition coefficient (Wildman–Crippen LogP) is 3.19. The van der Waals surface area contributed by atoms with Crippen LogP contribution in [-0.2, 0) is 4.79 Å². The molecule has 2 atom stereocenters. The quantitative estimate of drug-likeness (QED) is 0.898. The van der Waals surface area contributed by atoms with Crippen molar-refractivity contribution in [3.05, 3.63) is 22.4 Å². The molecule has 1 aliphatic rings. The Labute approximate surface area is 120 Å². The maximum absolute atomic E-state index is 12.9. The monoisotopic (exact) mass is 280 g/mol. The molecule has 2 rings (SSSR count). The standard InChI is InChI=1S/C15H24N2OS/c1-4-8-15(9-6-10-16-15)14(18)17(3)12(2)13-7-5-11-19-13/h5,7,11-12,16H,4,6,8-10H2,1-3H3. The lowest BCUT2D eigenvalue weighted by molar-refractivity contribution is -0.138. The predicted molar refractivity (Wildman–Crippen MR) is 80.4 cm³/mol. The molecule has 1 aliphatic heterocycles. The normalized spacial score (nSPS) is 24.4. The van der Waals surface area contributed by atoms with Crippen LogP contribution in [-0.4, -0.2) is 29.9 Å². The van der Waals surface area contributed by atoms with Crippen molar-refractivity contribution in [1.29, 1.82) is 0 Å². The van der Waals surface area contributed by atoms with Crippen molar-refractivity contribution in [2.75, 3.05) is 13.6 Å². The molecule has 1 fully saturated rings. The largest absolute Gasteiger partial charge is 0.337 e. The SMILES string of the molecule is CCCC1(C(=O)N(C)C(C)c2cccs2)CCCN1. The lowest BCUT2D eigenvalue weighted by Crippen LogP contribution is -2.54. The minimum Gasteiger partial charge on any atom is -0.337 e. The molecule has 0 saturated carbocycles. The minimum atomic E-state index is -0.310. The van der Waals surface area contributed by atoms with E-state index in [0.29, 0.717) is 0 Å². The number of rotatable bonds is 5. The Morgan fingerprint density at radius 2 is 2.42 bits per heavy atom. The first kappa shape index (κ1) is 14.5. The van der Waals surface area contributed by atoms with Gasteiger partial charge in [-0.15, -0.1) is 11.3 Å². The van der Waals surface area contributed by atoms with Crippen molar-refractivity contribution in [2.24, 2.45) is 0 Å². The Morgan fingerprint density at radius 3 is 2.95 bits per heavy atom. The van der Waals surface area contributed by atoms with Gasteiger partial charge in [0.15, 0.2) is 0 Å². The molecule has 1 amide bonds. The van der Waals surface area contributed by atoms with Crippen molar-refractivity contribution in [3.8, 4) is 0 Å². The Hall–Kier alpha value is -0.870. The second kappa shape index (κ2) is 6.06. The highest BCUT2D eigenvalue weighted by molar-refractivity contribution is 7.10. The van der Waals surface area contributed by atoms with E-state index in [1.807, 2.05) is 18.0 Å². The third kappa shape index (κ3) is 2.84. The molecule has 106 valence electrons. The van der Waals surface area contributed by atoms with Gasteiger partial charge in [0, 0.05) is 11.9 Å². The van der Waals surface area contributed by atoms with Crippen LogP contribution in [0, 0.1) is 0 Å². The molecule has 2 unspecified atom stereocenters. The van der Waals surface area contributed by atoms with Crippen molar-refractivity contribution < 1.29 is 4.79 Å². The summed E-state index contributed by atoms with van der Waals surface area (Å²) in [5.74, 6) is 0.257. The smallest absolute Gasteiger partial charge is 0.243 e. The van der Waals surface area contributed by atoms with E-state index in [1.165, 1.54) is 4.88 Å². The number of carbonyl (C=O) groups is 1. The molecule has 1 saturated heterocycles. The average molecular weight is 280 g/mol. The number of nitrogens with one attached hydrogen (secondary N) is 1. The third-order valence-corrected chi connectivity index (χ3v) is 5.23. The van der Waals surface area contributed by atoms with Crippen LogP contribution in [0.3, 0.4) is 0 Å². The van der Waals surface area contributed by atoms with Gasteiger partial charge in [0.2, 0.25) is 5.91 Å². The van der Waals surface area contributed by atoms with Crippen LogP contribution < -0.4 is 5.32 Å². The number of hydrogen-bond donors (Lipinski definition) is 1. The second-order valence-electron chi connectivity index (χ2n) is 5.47. The zero-order valence-electron chi connectivity index (χ0n) is 12.1. The minimum absolute atomic E-state index is 0.156. The van der Waals surface area contributed by atoms with Gasteiger partial charge in [0.05, 0.1) is 11.6 Å². The Kier molecular flexibility index (Phi) is 4.63. The van der Waals surface area contributed by atoms with Crippen molar-refractivity contribution in [1.82, 2.24) is 10.2 Å². The molecule has 1 aromatic heterocycles. The topological polar surface area (TPSA) is 32.3 Å². The number of carbonyl (C=O) groups excluding carboxylic acids is 1. The van der Waals surface area contributed by atoms with Gasteiger partial charge in [0.1, 0.15) is 0 Å².